The minimum absolute atomic E-state index is 0.0614. The van der Waals surface area contributed by atoms with Crippen LogP contribution in [0, 0.1) is 6.92 Å². The first-order valence-corrected chi connectivity index (χ1v) is 7.45. The lowest BCUT2D eigenvalue weighted by molar-refractivity contribution is 0.0696. The number of carboxylic acid groups (broad SMARTS) is 1. The van der Waals surface area contributed by atoms with Crippen molar-refractivity contribution in [3.63, 3.8) is 0 Å². The average molecular weight is 279 g/mol. The quantitative estimate of drug-likeness (QED) is 0.902. The van der Waals surface area contributed by atoms with Gasteiger partial charge in [0.25, 0.3) is 5.91 Å². The van der Waals surface area contributed by atoms with Gasteiger partial charge in [0.2, 0.25) is 0 Å². The summed E-state index contributed by atoms with van der Waals surface area (Å²) in [6.07, 6.45) is 0.994. The van der Waals surface area contributed by atoms with E-state index < -0.39 is 5.97 Å². The Hall–Kier alpha value is -1.49. The lowest BCUT2D eigenvalue weighted by Gasteiger charge is -2.20. The molecule has 0 saturated carbocycles. The van der Waals surface area contributed by atoms with E-state index in [1.54, 1.807) is 12.1 Å². The Kier molecular flexibility index (Phi) is 4.47. The number of amides is 1. The number of hydrogen-bond donors (Lipinski definition) is 1. The van der Waals surface area contributed by atoms with Crippen LogP contribution in [0.2, 0.25) is 0 Å². The van der Waals surface area contributed by atoms with Crippen LogP contribution in [-0.4, -0.2) is 46.5 Å². The molecule has 1 N–H and O–H groups in total. The van der Waals surface area contributed by atoms with Gasteiger partial charge in [0, 0.05) is 24.4 Å². The molecule has 102 valence electrons. The summed E-state index contributed by atoms with van der Waals surface area (Å²) in [4.78, 5) is 25.3. The fraction of sp³-hybridized carbons (Fsp3) is 0.429. The van der Waals surface area contributed by atoms with Gasteiger partial charge < -0.3 is 10.0 Å². The first-order valence-electron chi connectivity index (χ1n) is 6.30. The Bertz CT molecular complexity index is 493. The lowest BCUT2D eigenvalue weighted by Crippen LogP contribution is -2.33. The maximum atomic E-state index is 12.4. The molecule has 1 heterocycles. The highest BCUT2D eigenvalue weighted by Gasteiger charge is 2.19. The van der Waals surface area contributed by atoms with E-state index in [1.807, 2.05) is 23.6 Å². The summed E-state index contributed by atoms with van der Waals surface area (Å²) in [6.45, 7) is 3.30. The SMILES string of the molecule is Cc1cc(C(=O)O)cc(C(=O)N2CCCSCC2)c1. The van der Waals surface area contributed by atoms with Crippen LogP contribution in [0.3, 0.4) is 0 Å². The predicted molar refractivity (Wildman–Crippen MR) is 76.0 cm³/mol. The van der Waals surface area contributed by atoms with Crippen LogP contribution < -0.4 is 0 Å². The molecule has 0 bridgehead atoms. The van der Waals surface area contributed by atoms with Crippen LogP contribution in [0.15, 0.2) is 18.2 Å². The van der Waals surface area contributed by atoms with Crippen molar-refractivity contribution in [2.75, 3.05) is 24.6 Å². The number of nitrogens with zero attached hydrogens (tertiary/aromatic N) is 1. The summed E-state index contributed by atoms with van der Waals surface area (Å²) < 4.78 is 0. The van der Waals surface area contributed by atoms with E-state index in [0.29, 0.717) is 5.56 Å². The van der Waals surface area contributed by atoms with Crippen molar-refractivity contribution in [1.82, 2.24) is 4.90 Å². The standard InChI is InChI=1S/C14H17NO3S/c1-10-7-11(9-12(8-10)14(17)18)13(16)15-3-2-5-19-6-4-15/h7-9H,2-6H2,1H3,(H,17,18). The zero-order valence-corrected chi connectivity index (χ0v) is 11.7. The number of carboxylic acids is 1. The number of benzene rings is 1. The summed E-state index contributed by atoms with van der Waals surface area (Å²) in [5, 5.41) is 9.04. The second-order valence-electron chi connectivity index (χ2n) is 4.65. The third kappa shape index (κ3) is 3.50. The highest BCUT2D eigenvalue weighted by Crippen LogP contribution is 2.16. The topological polar surface area (TPSA) is 57.6 Å². The lowest BCUT2D eigenvalue weighted by atomic mass is 10.1. The molecular weight excluding hydrogens is 262 g/mol. The number of carbonyl (C=O) groups is 2. The smallest absolute Gasteiger partial charge is 0.335 e. The number of hydrogen-bond acceptors (Lipinski definition) is 3. The molecule has 0 radical (unpaired) electrons. The number of rotatable bonds is 2. The number of aryl methyl sites for hydroxylation is 1. The zero-order valence-electron chi connectivity index (χ0n) is 10.9. The van der Waals surface area contributed by atoms with Gasteiger partial charge >= 0.3 is 5.97 Å². The molecule has 1 amide bonds. The van der Waals surface area contributed by atoms with E-state index >= 15 is 0 Å². The Morgan fingerprint density at radius 3 is 2.63 bits per heavy atom. The number of aromatic carboxylic acids is 1. The molecule has 1 saturated heterocycles. The van der Waals surface area contributed by atoms with E-state index in [-0.39, 0.29) is 11.5 Å². The number of thioether (sulfide) groups is 1. The van der Waals surface area contributed by atoms with Crippen molar-refractivity contribution in [3.05, 3.63) is 34.9 Å². The second-order valence-corrected chi connectivity index (χ2v) is 5.88. The summed E-state index contributed by atoms with van der Waals surface area (Å²) in [5.41, 5.74) is 1.45. The monoisotopic (exact) mass is 279 g/mol. The van der Waals surface area contributed by atoms with E-state index in [4.69, 9.17) is 5.11 Å². The molecule has 1 aromatic carbocycles. The first kappa shape index (κ1) is 13.9. The van der Waals surface area contributed by atoms with Crippen LogP contribution in [0.4, 0.5) is 0 Å². The molecule has 0 spiro atoms. The summed E-state index contributed by atoms with van der Waals surface area (Å²) in [5.74, 6) is 0.972. The third-order valence-electron chi connectivity index (χ3n) is 3.08. The highest BCUT2D eigenvalue weighted by molar-refractivity contribution is 7.99. The second kappa shape index (κ2) is 6.10. The molecule has 5 heteroatoms. The number of carbonyl (C=O) groups excluding carboxylic acids is 1. The Morgan fingerprint density at radius 1 is 1.16 bits per heavy atom. The minimum atomic E-state index is -0.996. The van der Waals surface area contributed by atoms with Crippen LogP contribution in [0.25, 0.3) is 0 Å². The molecule has 0 atom stereocenters. The van der Waals surface area contributed by atoms with Gasteiger partial charge in [-0.15, -0.1) is 0 Å². The molecule has 19 heavy (non-hydrogen) atoms. The van der Waals surface area contributed by atoms with Crippen molar-refractivity contribution in [1.29, 1.82) is 0 Å². The highest BCUT2D eigenvalue weighted by atomic mass is 32.2. The molecule has 1 fully saturated rings. The molecule has 1 aliphatic rings. The molecule has 0 unspecified atom stereocenters. The van der Waals surface area contributed by atoms with Crippen molar-refractivity contribution < 1.29 is 14.7 Å². The largest absolute Gasteiger partial charge is 0.478 e. The summed E-state index contributed by atoms with van der Waals surface area (Å²) in [6, 6.07) is 4.81. The Morgan fingerprint density at radius 2 is 1.89 bits per heavy atom. The van der Waals surface area contributed by atoms with Gasteiger partial charge in [0.05, 0.1) is 5.56 Å². The summed E-state index contributed by atoms with van der Waals surface area (Å²) >= 11 is 1.86. The fourth-order valence-corrected chi connectivity index (χ4v) is 3.05. The van der Waals surface area contributed by atoms with Gasteiger partial charge in [-0.1, -0.05) is 0 Å². The van der Waals surface area contributed by atoms with Crippen LogP contribution >= 0.6 is 11.8 Å². The van der Waals surface area contributed by atoms with Gasteiger partial charge in [-0.2, -0.15) is 11.8 Å². The van der Waals surface area contributed by atoms with Crippen molar-refractivity contribution >= 4 is 23.6 Å². The van der Waals surface area contributed by atoms with Gasteiger partial charge in [-0.3, -0.25) is 4.79 Å². The average Bonchev–Trinajstić information content (AvgIpc) is 2.65. The molecular formula is C14H17NO3S. The molecule has 4 nitrogen and oxygen atoms in total. The maximum absolute atomic E-state index is 12.4. The van der Waals surface area contributed by atoms with Crippen LogP contribution in [-0.2, 0) is 0 Å². The summed E-state index contributed by atoms with van der Waals surface area (Å²) in [7, 11) is 0. The van der Waals surface area contributed by atoms with Crippen molar-refractivity contribution in [3.8, 4) is 0 Å². The fourth-order valence-electron chi connectivity index (χ4n) is 2.16. The van der Waals surface area contributed by atoms with E-state index in [2.05, 4.69) is 0 Å². The predicted octanol–water partition coefficient (Wildman–Crippen LogP) is 2.27. The molecule has 1 aliphatic heterocycles. The van der Waals surface area contributed by atoms with E-state index in [1.165, 1.54) is 6.07 Å². The molecule has 0 aromatic heterocycles. The molecule has 2 rings (SSSR count). The minimum Gasteiger partial charge on any atom is -0.478 e. The van der Waals surface area contributed by atoms with E-state index in [0.717, 1.165) is 36.6 Å². The first-order chi connectivity index (χ1) is 9.08. The molecule has 1 aromatic rings. The zero-order chi connectivity index (χ0) is 13.8. The Labute approximate surface area is 116 Å². The van der Waals surface area contributed by atoms with E-state index in [9.17, 15) is 9.59 Å². The van der Waals surface area contributed by atoms with Crippen molar-refractivity contribution in [2.24, 2.45) is 0 Å². The normalized spacial score (nSPS) is 15.9. The third-order valence-corrected chi connectivity index (χ3v) is 4.13. The van der Waals surface area contributed by atoms with Crippen LogP contribution in [0.1, 0.15) is 32.7 Å². The Balaban J connectivity index is 2.24. The van der Waals surface area contributed by atoms with Gasteiger partial charge in [-0.05, 0) is 42.9 Å². The van der Waals surface area contributed by atoms with Gasteiger partial charge in [0.1, 0.15) is 0 Å². The molecule has 0 aliphatic carbocycles. The maximum Gasteiger partial charge on any atom is 0.335 e. The van der Waals surface area contributed by atoms with Gasteiger partial charge in [0.15, 0.2) is 0 Å². The van der Waals surface area contributed by atoms with Crippen LogP contribution in [0.5, 0.6) is 0 Å². The van der Waals surface area contributed by atoms with Gasteiger partial charge in [-0.25, -0.2) is 4.79 Å². The van der Waals surface area contributed by atoms with Crippen molar-refractivity contribution in [2.45, 2.75) is 13.3 Å².